The average Bonchev–Trinajstić information content (AvgIpc) is 2.20. The van der Waals surface area contributed by atoms with E-state index in [-0.39, 0.29) is 0 Å². The second-order valence-electron chi connectivity index (χ2n) is 1.41. The van der Waals surface area contributed by atoms with Crippen LogP contribution in [0.4, 0.5) is 0 Å². The van der Waals surface area contributed by atoms with Crippen LogP contribution in [0.25, 0.3) is 0 Å². The Labute approximate surface area is 77.9 Å². The van der Waals surface area contributed by atoms with Crippen molar-refractivity contribution in [3.05, 3.63) is 24.4 Å². The van der Waals surface area contributed by atoms with Crippen molar-refractivity contribution in [2.24, 2.45) is 4.99 Å². The molecule has 0 saturated heterocycles. The zero-order valence-corrected chi connectivity index (χ0v) is 9.22. The van der Waals surface area contributed by atoms with Crippen molar-refractivity contribution < 1.29 is 0 Å². The van der Waals surface area contributed by atoms with Gasteiger partial charge in [0.05, 0.1) is 0 Å². The van der Waals surface area contributed by atoms with Gasteiger partial charge in [0.2, 0.25) is 0 Å². The van der Waals surface area contributed by atoms with Crippen molar-refractivity contribution in [1.29, 1.82) is 0 Å². The molecule has 12 heavy (non-hydrogen) atoms. The predicted molar refractivity (Wildman–Crippen MR) is 60.8 cm³/mol. The van der Waals surface area contributed by atoms with Gasteiger partial charge in [-0.15, -0.1) is 0 Å². The highest BCUT2D eigenvalue weighted by Crippen LogP contribution is 1.99. The lowest BCUT2D eigenvalue weighted by atomic mass is 10.3. The molecular formula is C11H23N. The molecule has 1 heteroatoms. The number of nitrogens with zero attached hydrogens (tertiary/aromatic N) is 1. The first kappa shape index (κ1) is 17.3. The molecule has 0 N–H and O–H groups in total. The molecule has 1 nitrogen and oxygen atoms in total. The normalized spacial score (nSPS) is 8.25. The maximum atomic E-state index is 3.74. The fraction of sp³-hybridized carbons (Fsp3) is 0.545. The van der Waals surface area contributed by atoms with Crippen LogP contribution in [0, 0.1) is 0 Å². The molecule has 0 aromatic heterocycles. The first-order valence-corrected chi connectivity index (χ1v) is 4.63. The molecule has 0 rings (SSSR count). The molecule has 0 fully saturated rings. The highest BCUT2D eigenvalue weighted by atomic mass is 14.7. The van der Waals surface area contributed by atoms with Crippen LogP contribution >= 0.6 is 0 Å². The third-order valence-electron chi connectivity index (χ3n) is 0.876. The van der Waals surface area contributed by atoms with Gasteiger partial charge in [-0.3, -0.25) is 4.99 Å². The van der Waals surface area contributed by atoms with Gasteiger partial charge in [0.25, 0.3) is 0 Å². The van der Waals surface area contributed by atoms with Gasteiger partial charge in [-0.1, -0.05) is 47.3 Å². The zero-order valence-electron chi connectivity index (χ0n) is 9.22. The van der Waals surface area contributed by atoms with E-state index in [2.05, 4.69) is 18.3 Å². The van der Waals surface area contributed by atoms with Crippen molar-refractivity contribution in [2.75, 3.05) is 0 Å². The molecule has 0 aliphatic rings. The van der Waals surface area contributed by atoms with Gasteiger partial charge in [-0.2, -0.15) is 0 Å². The number of allylic oxidation sites excluding steroid dienone is 3. The minimum Gasteiger partial charge on any atom is -0.269 e. The van der Waals surface area contributed by atoms with E-state index >= 15 is 0 Å². The van der Waals surface area contributed by atoms with Crippen molar-refractivity contribution in [3.63, 3.8) is 0 Å². The molecule has 0 saturated carbocycles. The molecule has 0 aliphatic heterocycles. The van der Waals surface area contributed by atoms with E-state index in [1.165, 1.54) is 0 Å². The fourth-order valence-corrected chi connectivity index (χ4v) is 0.418. The minimum absolute atomic E-state index is 0.926. The standard InChI is InChI=1S/C7H11N.2C2H6/c1-4-6-7(5-2)8-3;2*1-2/h4,6H,1,3,5H2,2H3;2*1-2H3/b7-6-;;. The monoisotopic (exact) mass is 169 g/mol. The van der Waals surface area contributed by atoms with E-state index in [0.29, 0.717) is 0 Å². The topological polar surface area (TPSA) is 12.4 Å². The van der Waals surface area contributed by atoms with Crippen molar-refractivity contribution in [1.82, 2.24) is 0 Å². The summed E-state index contributed by atoms with van der Waals surface area (Å²) in [6, 6.07) is 0. The van der Waals surface area contributed by atoms with Gasteiger partial charge >= 0.3 is 0 Å². The van der Waals surface area contributed by atoms with Gasteiger partial charge < -0.3 is 0 Å². The highest BCUT2D eigenvalue weighted by molar-refractivity contribution is 5.29. The smallest absolute Gasteiger partial charge is 0.0393 e. The molecule has 0 aliphatic carbocycles. The Morgan fingerprint density at radius 2 is 1.67 bits per heavy atom. The van der Waals surface area contributed by atoms with Crippen LogP contribution in [0.2, 0.25) is 0 Å². The summed E-state index contributed by atoms with van der Waals surface area (Å²) < 4.78 is 0. The van der Waals surface area contributed by atoms with Crippen LogP contribution in [-0.4, -0.2) is 6.72 Å². The Hall–Kier alpha value is -0.850. The quantitative estimate of drug-likeness (QED) is 0.443. The molecule has 72 valence electrons. The van der Waals surface area contributed by atoms with Crippen LogP contribution in [0.15, 0.2) is 29.4 Å². The van der Waals surface area contributed by atoms with E-state index in [4.69, 9.17) is 0 Å². The lowest BCUT2D eigenvalue weighted by Gasteiger charge is -1.88. The molecule has 0 atom stereocenters. The molecule has 0 spiro atoms. The van der Waals surface area contributed by atoms with Gasteiger partial charge in [0.1, 0.15) is 0 Å². The van der Waals surface area contributed by atoms with Crippen LogP contribution in [0.1, 0.15) is 41.0 Å². The zero-order chi connectivity index (χ0) is 10.4. The van der Waals surface area contributed by atoms with Crippen LogP contribution in [0.3, 0.4) is 0 Å². The minimum atomic E-state index is 0.926. The van der Waals surface area contributed by atoms with Crippen molar-refractivity contribution in [2.45, 2.75) is 41.0 Å². The molecule has 0 heterocycles. The second kappa shape index (κ2) is 22.5. The Morgan fingerprint density at radius 1 is 1.25 bits per heavy atom. The summed E-state index contributed by atoms with van der Waals surface area (Å²) in [5, 5.41) is 0. The van der Waals surface area contributed by atoms with Crippen molar-refractivity contribution in [3.8, 4) is 0 Å². The summed E-state index contributed by atoms with van der Waals surface area (Å²) in [6.07, 6.45) is 4.50. The molecule has 0 radical (unpaired) electrons. The average molecular weight is 169 g/mol. The van der Waals surface area contributed by atoms with Gasteiger partial charge in [-0.05, 0) is 19.2 Å². The Morgan fingerprint density at radius 3 is 1.75 bits per heavy atom. The number of aliphatic imine (C=N–C) groups is 1. The van der Waals surface area contributed by atoms with E-state index in [0.717, 1.165) is 12.1 Å². The van der Waals surface area contributed by atoms with Crippen LogP contribution in [0.5, 0.6) is 0 Å². The lowest BCUT2D eigenvalue weighted by molar-refractivity contribution is 1.08. The molecular weight excluding hydrogens is 146 g/mol. The van der Waals surface area contributed by atoms with Gasteiger partial charge in [-0.25, -0.2) is 0 Å². The van der Waals surface area contributed by atoms with E-state index in [1.54, 1.807) is 6.08 Å². The maximum absolute atomic E-state index is 3.74. The molecule has 0 unspecified atom stereocenters. The first-order chi connectivity index (χ1) is 5.85. The number of hydrogen-bond acceptors (Lipinski definition) is 1. The largest absolute Gasteiger partial charge is 0.269 e. The van der Waals surface area contributed by atoms with Crippen LogP contribution < -0.4 is 0 Å². The third-order valence-corrected chi connectivity index (χ3v) is 0.876. The molecule has 0 bridgehead atoms. The Balaban J connectivity index is -0.000000175. The predicted octanol–water partition coefficient (Wildman–Crippen LogP) is 4.22. The number of hydrogen-bond donors (Lipinski definition) is 0. The van der Waals surface area contributed by atoms with E-state index in [9.17, 15) is 0 Å². The Kier molecular flexibility index (Phi) is 32.4. The maximum Gasteiger partial charge on any atom is 0.0393 e. The summed E-state index contributed by atoms with van der Waals surface area (Å²) in [6.45, 7) is 16.9. The first-order valence-electron chi connectivity index (χ1n) is 4.63. The van der Waals surface area contributed by atoms with Gasteiger partial charge in [0.15, 0.2) is 0 Å². The van der Waals surface area contributed by atoms with Gasteiger partial charge in [0, 0.05) is 5.70 Å². The molecule has 0 aromatic rings. The summed E-state index contributed by atoms with van der Waals surface area (Å²) in [4.78, 5) is 3.74. The van der Waals surface area contributed by atoms with E-state index in [1.807, 2.05) is 40.7 Å². The fourth-order valence-electron chi connectivity index (χ4n) is 0.418. The summed E-state index contributed by atoms with van der Waals surface area (Å²) >= 11 is 0. The molecule has 0 amide bonds. The lowest BCUT2D eigenvalue weighted by Crippen LogP contribution is -1.69. The number of rotatable bonds is 3. The molecule has 0 aromatic carbocycles. The summed E-state index contributed by atoms with van der Waals surface area (Å²) in [5.41, 5.74) is 0.986. The Bertz CT molecular complexity index is 112. The summed E-state index contributed by atoms with van der Waals surface area (Å²) in [5.74, 6) is 0. The second-order valence-corrected chi connectivity index (χ2v) is 1.41. The SMILES string of the molecule is C=C/C=C(/CC)N=C.CC.CC. The van der Waals surface area contributed by atoms with E-state index < -0.39 is 0 Å². The van der Waals surface area contributed by atoms with Crippen molar-refractivity contribution >= 4 is 6.72 Å². The van der Waals surface area contributed by atoms with Crippen LogP contribution in [-0.2, 0) is 0 Å². The highest BCUT2D eigenvalue weighted by Gasteiger charge is 1.80. The third kappa shape index (κ3) is 16.1. The summed E-state index contributed by atoms with van der Waals surface area (Å²) in [7, 11) is 0.